The molecule has 0 fully saturated rings. The molecule has 0 bridgehead atoms. The smallest absolute Gasteiger partial charge is 0.335 e. The summed E-state index contributed by atoms with van der Waals surface area (Å²) >= 11 is 0. The van der Waals surface area contributed by atoms with Gasteiger partial charge in [0.1, 0.15) is 6.73 Å². The molecule has 136 valence electrons. The molecule has 0 saturated carbocycles. The molecule has 0 amide bonds. The molecule has 0 saturated heterocycles. The van der Waals surface area contributed by atoms with Crippen LogP contribution in [0.3, 0.4) is 0 Å². The van der Waals surface area contributed by atoms with Crippen LogP contribution in [0, 0.1) is 0 Å². The van der Waals surface area contributed by atoms with Gasteiger partial charge in [0.05, 0.1) is 11.8 Å². The van der Waals surface area contributed by atoms with E-state index < -0.39 is 14.0 Å². The lowest BCUT2D eigenvalue weighted by Gasteiger charge is -2.15. The van der Waals surface area contributed by atoms with Crippen LogP contribution in [0.15, 0.2) is 48.8 Å². The number of aromatic carboxylic acids is 1. The van der Waals surface area contributed by atoms with Crippen LogP contribution in [0.5, 0.6) is 0 Å². The quantitative estimate of drug-likeness (QED) is 0.484. The Labute approximate surface area is 154 Å². The highest BCUT2D eigenvalue weighted by molar-refractivity contribution is 6.76. The average Bonchev–Trinajstić information content (AvgIpc) is 3.05. The zero-order chi connectivity index (χ0) is 18.7. The van der Waals surface area contributed by atoms with Crippen molar-refractivity contribution in [2.24, 2.45) is 0 Å². The number of fused-ring (bicyclic) bond motifs is 1. The normalized spacial score (nSPS) is 11.8. The highest BCUT2D eigenvalue weighted by atomic mass is 28.3. The Morgan fingerprint density at radius 1 is 1.23 bits per heavy atom. The van der Waals surface area contributed by atoms with Gasteiger partial charge in [-0.2, -0.15) is 5.10 Å². The summed E-state index contributed by atoms with van der Waals surface area (Å²) in [5.41, 5.74) is 2.32. The Bertz CT molecular complexity index is 928. The molecule has 3 rings (SSSR count). The Morgan fingerprint density at radius 2 is 2.04 bits per heavy atom. The van der Waals surface area contributed by atoms with Crippen LogP contribution >= 0.6 is 0 Å². The summed E-state index contributed by atoms with van der Waals surface area (Å²) in [5, 5.41) is 15.5. The lowest BCUT2D eigenvalue weighted by atomic mass is 9.99. The second kappa shape index (κ2) is 7.43. The summed E-state index contributed by atoms with van der Waals surface area (Å²) in [4.78, 5) is 11.2. The Balaban J connectivity index is 1.77. The van der Waals surface area contributed by atoms with Crippen molar-refractivity contribution in [3.63, 3.8) is 0 Å². The van der Waals surface area contributed by atoms with Gasteiger partial charge < -0.3 is 9.84 Å². The Hall–Kier alpha value is -2.44. The molecule has 1 heterocycles. The number of carboxylic acid groups (broad SMARTS) is 1. The van der Waals surface area contributed by atoms with E-state index in [2.05, 4.69) is 24.7 Å². The van der Waals surface area contributed by atoms with Gasteiger partial charge in [-0.15, -0.1) is 0 Å². The van der Waals surface area contributed by atoms with Gasteiger partial charge in [-0.3, -0.25) is 0 Å². The van der Waals surface area contributed by atoms with E-state index in [0.717, 1.165) is 34.6 Å². The fourth-order valence-corrected chi connectivity index (χ4v) is 3.53. The minimum absolute atomic E-state index is 0.293. The summed E-state index contributed by atoms with van der Waals surface area (Å²) in [5.74, 6) is -0.916. The van der Waals surface area contributed by atoms with Crippen LogP contribution in [-0.4, -0.2) is 35.5 Å². The predicted octanol–water partition coefficient (Wildman–Crippen LogP) is 4.71. The van der Waals surface area contributed by atoms with E-state index in [1.165, 1.54) is 0 Å². The minimum Gasteiger partial charge on any atom is -0.478 e. The largest absolute Gasteiger partial charge is 0.478 e. The Kier molecular flexibility index (Phi) is 5.25. The maximum Gasteiger partial charge on any atom is 0.335 e. The van der Waals surface area contributed by atoms with Gasteiger partial charge in [-0.25, -0.2) is 9.48 Å². The molecule has 5 nitrogen and oxygen atoms in total. The fourth-order valence-electron chi connectivity index (χ4n) is 2.78. The molecule has 0 aliphatic rings. The maximum atomic E-state index is 11.2. The van der Waals surface area contributed by atoms with Gasteiger partial charge in [0.2, 0.25) is 0 Å². The highest BCUT2D eigenvalue weighted by Gasteiger charge is 2.12. The molecule has 0 unspecified atom stereocenters. The number of carboxylic acids is 1. The molecule has 0 aliphatic heterocycles. The van der Waals surface area contributed by atoms with Crippen molar-refractivity contribution in [2.75, 3.05) is 6.61 Å². The molecule has 0 aliphatic carbocycles. The molecule has 0 spiro atoms. The van der Waals surface area contributed by atoms with Crippen molar-refractivity contribution in [1.82, 2.24) is 9.78 Å². The van der Waals surface area contributed by atoms with E-state index in [9.17, 15) is 4.79 Å². The molecule has 2 aromatic carbocycles. The lowest BCUT2D eigenvalue weighted by molar-refractivity contribution is 0.0697. The molecule has 26 heavy (non-hydrogen) atoms. The summed E-state index contributed by atoms with van der Waals surface area (Å²) in [6.45, 7) is 8.20. The zero-order valence-electron chi connectivity index (χ0n) is 15.4. The average molecular weight is 369 g/mol. The van der Waals surface area contributed by atoms with E-state index in [4.69, 9.17) is 9.84 Å². The lowest BCUT2D eigenvalue weighted by Crippen LogP contribution is -2.22. The van der Waals surface area contributed by atoms with Crippen LogP contribution in [0.25, 0.3) is 21.9 Å². The van der Waals surface area contributed by atoms with Gasteiger partial charge in [0.15, 0.2) is 0 Å². The van der Waals surface area contributed by atoms with Crippen molar-refractivity contribution in [1.29, 1.82) is 0 Å². The zero-order valence-corrected chi connectivity index (χ0v) is 16.4. The van der Waals surface area contributed by atoms with Gasteiger partial charge in [0, 0.05) is 26.4 Å². The first-order valence-corrected chi connectivity index (χ1v) is 12.4. The van der Waals surface area contributed by atoms with Crippen LogP contribution in [0.4, 0.5) is 0 Å². The summed E-state index contributed by atoms with van der Waals surface area (Å²) in [6, 6.07) is 12.2. The van der Waals surface area contributed by atoms with E-state index in [1.807, 2.05) is 36.7 Å². The van der Waals surface area contributed by atoms with Gasteiger partial charge >= 0.3 is 5.97 Å². The van der Waals surface area contributed by atoms with Crippen LogP contribution < -0.4 is 0 Å². The number of benzene rings is 2. The monoisotopic (exact) mass is 368 g/mol. The fraction of sp³-hybridized carbons (Fsp3) is 0.300. The number of carbonyl (C=O) groups is 1. The molecule has 0 radical (unpaired) electrons. The van der Waals surface area contributed by atoms with E-state index >= 15 is 0 Å². The number of hydrogen-bond acceptors (Lipinski definition) is 3. The molecule has 0 atom stereocenters. The first-order chi connectivity index (χ1) is 12.3. The second-order valence-corrected chi connectivity index (χ2v) is 13.3. The van der Waals surface area contributed by atoms with Crippen molar-refractivity contribution in [3.05, 3.63) is 54.4 Å². The SMILES string of the molecule is C[Si](C)(C)CCOCn1cc(-c2cccc3cc(C(=O)O)ccc23)cn1. The van der Waals surface area contributed by atoms with Crippen LogP contribution in [-0.2, 0) is 11.5 Å². The number of rotatable bonds is 7. The highest BCUT2D eigenvalue weighted by Crippen LogP contribution is 2.29. The third-order valence-electron chi connectivity index (χ3n) is 4.29. The Morgan fingerprint density at radius 3 is 2.77 bits per heavy atom. The third-order valence-corrected chi connectivity index (χ3v) is 6.00. The molecule has 1 N–H and O–H groups in total. The van der Waals surface area contributed by atoms with Gasteiger partial charge in [-0.05, 0) is 34.5 Å². The van der Waals surface area contributed by atoms with E-state index in [0.29, 0.717) is 12.3 Å². The number of ether oxygens (including phenoxy) is 1. The molecular formula is C20H24N2O3Si. The van der Waals surface area contributed by atoms with Crippen LogP contribution in [0.2, 0.25) is 25.7 Å². The first kappa shape index (κ1) is 18.4. The van der Waals surface area contributed by atoms with Crippen molar-refractivity contribution in [3.8, 4) is 11.1 Å². The minimum atomic E-state index is -1.08. The topological polar surface area (TPSA) is 64.3 Å². The van der Waals surface area contributed by atoms with Crippen molar-refractivity contribution < 1.29 is 14.6 Å². The van der Waals surface area contributed by atoms with E-state index in [1.54, 1.807) is 16.8 Å². The van der Waals surface area contributed by atoms with Gasteiger partial charge in [-0.1, -0.05) is 43.9 Å². The first-order valence-electron chi connectivity index (χ1n) is 8.70. The van der Waals surface area contributed by atoms with Crippen molar-refractivity contribution >= 4 is 24.8 Å². The molecule has 6 heteroatoms. The van der Waals surface area contributed by atoms with E-state index in [-0.39, 0.29) is 0 Å². The second-order valence-electron chi connectivity index (χ2n) is 7.66. The number of aromatic nitrogens is 2. The number of hydrogen-bond donors (Lipinski definition) is 1. The molecule has 3 aromatic rings. The summed E-state index contributed by atoms with van der Waals surface area (Å²) in [7, 11) is -1.08. The standard InChI is InChI=1S/C20H24N2O3Si/c1-26(2,3)10-9-25-14-22-13-17(12-21-22)18-6-4-5-15-11-16(20(23)24)7-8-19(15)18/h4-8,11-13H,9-10,14H2,1-3H3,(H,23,24). The molecular weight excluding hydrogens is 344 g/mol. The van der Waals surface area contributed by atoms with Gasteiger partial charge in [0.25, 0.3) is 0 Å². The summed E-state index contributed by atoms with van der Waals surface area (Å²) < 4.78 is 7.54. The van der Waals surface area contributed by atoms with Crippen molar-refractivity contribution in [2.45, 2.75) is 32.4 Å². The maximum absolute atomic E-state index is 11.2. The number of nitrogens with zero attached hydrogens (tertiary/aromatic N) is 2. The third kappa shape index (κ3) is 4.39. The summed E-state index contributed by atoms with van der Waals surface area (Å²) in [6.07, 6.45) is 3.79. The predicted molar refractivity (Wildman–Crippen MR) is 106 cm³/mol. The molecule has 1 aromatic heterocycles. The van der Waals surface area contributed by atoms with Crippen LogP contribution in [0.1, 0.15) is 10.4 Å².